The molecule has 0 heterocycles. The van der Waals surface area contributed by atoms with E-state index in [0.29, 0.717) is 16.5 Å². The van der Waals surface area contributed by atoms with Crippen LogP contribution in [0, 0.1) is 0 Å². The average molecular weight is 300 g/mol. The fraction of sp³-hybridized carbons (Fsp3) is 0.500. The molecule has 0 aliphatic carbocycles. The van der Waals surface area contributed by atoms with E-state index in [1.54, 1.807) is 25.2 Å². The number of benzene rings is 1. The van der Waals surface area contributed by atoms with Gasteiger partial charge in [0.05, 0.1) is 0 Å². The van der Waals surface area contributed by atoms with Crippen LogP contribution in [0.25, 0.3) is 0 Å². The quantitative estimate of drug-likeness (QED) is 0.808. The van der Waals surface area contributed by atoms with Gasteiger partial charge < -0.3 is 5.32 Å². The first kappa shape index (κ1) is 15.6. The highest BCUT2D eigenvalue weighted by atomic mass is 35.5. The zero-order valence-electron chi connectivity index (χ0n) is 9.82. The molecule has 1 aromatic carbocycles. The van der Waals surface area contributed by atoms with Gasteiger partial charge in [-0.2, -0.15) is 13.2 Å². The summed E-state index contributed by atoms with van der Waals surface area (Å²) in [5.74, 6) is 0. The van der Waals surface area contributed by atoms with E-state index in [0.717, 1.165) is 5.56 Å². The molecule has 0 fully saturated rings. The van der Waals surface area contributed by atoms with Gasteiger partial charge in [-0.1, -0.05) is 29.3 Å². The van der Waals surface area contributed by atoms with Gasteiger partial charge in [0.1, 0.15) is 0 Å². The highest BCUT2D eigenvalue weighted by Crippen LogP contribution is 2.30. The van der Waals surface area contributed by atoms with Gasteiger partial charge in [0.2, 0.25) is 0 Å². The second kappa shape index (κ2) is 6.64. The summed E-state index contributed by atoms with van der Waals surface area (Å²) in [7, 11) is 1.70. The minimum absolute atomic E-state index is 0.0635. The molecule has 1 aromatic rings. The predicted octanol–water partition coefficient (Wildman–Crippen LogP) is 4.99. The van der Waals surface area contributed by atoms with Crippen LogP contribution >= 0.6 is 23.2 Å². The van der Waals surface area contributed by atoms with Crippen LogP contribution in [0.3, 0.4) is 0 Å². The molecule has 0 aromatic heterocycles. The Morgan fingerprint density at radius 2 is 1.94 bits per heavy atom. The second-order valence-corrected chi connectivity index (χ2v) is 4.86. The number of halogens is 5. The maximum atomic E-state index is 12.1. The van der Waals surface area contributed by atoms with Gasteiger partial charge in [0.15, 0.2) is 0 Å². The van der Waals surface area contributed by atoms with Crippen molar-refractivity contribution >= 4 is 23.2 Å². The van der Waals surface area contributed by atoms with Crippen LogP contribution in [0.2, 0.25) is 10.0 Å². The van der Waals surface area contributed by atoms with Crippen LogP contribution in [-0.2, 0) is 0 Å². The molecule has 18 heavy (non-hydrogen) atoms. The molecule has 0 amide bonds. The third-order valence-corrected chi connectivity index (χ3v) is 3.20. The van der Waals surface area contributed by atoms with E-state index in [1.165, 1.54) is 0 Å². The standard InChI is InChI=1S/C12H14Cl2F3N/c1-18-11(3-2-6-12(15,16)17)9-5-4-8(13)7-10(9)14/h4-5,7,11,18H,2-3,6H2,1H3. The summed E-state index contributed by atoms with van der Waals surface area (Å²) in [6, 6.07) is 4.81. The molecule has 102 valence electrons. The summed E-state index contributed by atoms with van der Waals surface area (Å²) in [6.45, 7) is 0. The maximum absolute atomic E-state index is 12.1. The average Bonchev–Trinajstić information content (AvgIpc) is 2.24. The van der Waals surface area contributed by atoms with Crippen molar-refractivity contribution in [3.8, 4) is 0 Å². The molecule has 6 heteroatoms. The molecular formula is C12H14Cl2F3N. The van der Waals surface area contributed by atoms with Gasteiger partial charge in [-0.3, -0.25) is 0 Å². The van der Waals surface area contributed by atoms with Crippen LogP contribution in [0.15, 0.2) is 18.2 Å². The summed E-state index contributed by atoms with van der Waals surface area (Å²) < 4.78 is 36.2. The minimum Gasteiger partial charge on any atom is -0.313 e. The second-order valence-electron chi connectivity index (χ2n) is 4.01. The van der Waals surface area contributed by atoms with Crippen molar-refractivity contribution in [1.82, 2.24) is 5.32 Å². The predicted molar refractivity (Wildman–Crippen MR) is 68.2 cm³/mol. The molecule has 1 nitrogen and oxygen atoms in total. The molecular weight excluding hydrogens is 286 g/mol. The van der Waals surface area contributed by atoms with Crippen molar-refractivity contribution < 1.29 is 13.2 Å². The van der Waals surface area contributed by atoms with Crippen molar-refractivity contribution in [2.75, 3.05) is 7.05 Å². The van der Waals surface area contributed by atoms with Crippen molar-refractivity contribution in [2.45, 2.75) is 31.5 Å². The molecule has 0 radical (unpaired) electrons. The highest BCUT2D eigenvalue weighted by Gasteiger charge is 2.27. The molecule has 1 unspecified atom stereocenters. The van der Waals surface area contributed by atoms with Crippen LogP contribution in [0.5, 0.6) is 0 Å². The molecule has 0 spiro atoms. The van der Waals surface area contributed by atoms with E-state index in [-0.39, 0.29) is 12.5 Å². The topological polar surface area (TPSA) is 12.0 Å². The molecule has 0 saturated heterocycles. The van der Waals surface area contributed by atoms with Crippen molar-refractivity contribution in [1.29, 1.82) is 0 Å². The molecule has 0 aliphatic rings. The maximum Gasteiger partial charge on any atom is 0.389 e. The number of nitrogens with one attached hydrogen (secondary N) is 1. The zero-order valence-corrected chi connectivity index (χ0v) is 11.3. The summed E-state index contributed by atoms with van der Waals surface area (Å²) in [5.41, 5.74) is 0.769. The van der Waals surface area contributed by atoms with E-state index < -0.39 is 12.6 Å². The molecule has 1 rings (SSSR count). The first-order chi connectivity index (χ1) is 8.33. The van der Waals surface area contributed by atoms with E-state index in [2.05, 4.69) is 5.32 Å². The molecule has 1 N–H and O–H groups in total. The normalized spacial score (nSPS) is 13.7. The third kappa shape index (κ3) is 5.04. The monoisotopic (exact) mass is 299 g/mol. The van der Waals surface area contributed by atoms with E-state index in [9.17, 15) is 13.2 Å². The largest absolute Gasteiger partial charge is 0.389 e. The van der Waals surface area contributed by atoms with Crippen molar-refractivity contribution in [3.05, 3.63) is 33.8 Å². The number of hydrogen-bond acceptors (Lipinski definition) is 1. The van der Waals surface area contributed by atoms with Crippen molar-refractivity contribution in [2.24, 2.45) is 0 Å². The minimum atomic E-state index is -4.11. The Bertz CT molecular complexity index is 393. The Labute approximate surface area is 114 Å². The fourth-order valence-corrected chi connectivity index (χ4v) is 2.29. The Balaban J connectivity index is 2.66. The number of alkyl halides is 3. The lowest BCUT2D eigenvalue weighted by molar-refractivity contribution is -0.135. The van der Waals surface area contributed by atoms with Gasteiger partial charge in [0.25, 0.3) is 0 Å². The number of rotatable bonds is 5. The van der Waals surface area contributed by atoms with E-state index in [1.807, 2.05) is 0 Å². The lowest BCUT2D eigenvalue weighted by Crippen LogP contribution is -2.18. The third-order valence-electron chi connectivity index (χ3n) is 2.64. The van der Waals surface area contributed by atoms with E-state index >= 15 is 0 Å². The van der Waals surface area contributed by atoms with Gasteiger partial charge >= 0.3 is 6.18 Å². The Morgan fingerprint density at radius 3 is 2.44 bits per heavy atom. The van der Waals surface area contributed by atoms with Gasteiger partial charge in [-0.05, 0) is 37.6 Å². The highest BCUT2D eigenvalue weighted by molar-refractivity contribution is 6.35. The summed E-state index contributed by atoms with van der Waals surface area (Å²) in [4.78, 5) is 0. The number of hydrogen-bond donors (Lipinski definition) is 1. The van der Waals surface area contributed by atoms with Gasteiger partial charge in [-0.15, -0.1) is 0 Å². The smallest absolute Gasteiger partial charge is 0.313 e. The summed E-state index contributed by atoms with van der Waals surface area (Å²) >= 11 is 11.8. The van der Waals surface area contributed by atoms with Crippen molar-refractivity contribution in [3.63, 3.8) is 0 Å². The van der Waals surface area contributed by atoms with Crippen LogP contribution in [0.1, 0.15) is 30.9 Å². The molecule has 0 bridgehead atoms. The molecule has 0 aliphatic heterocycles. The summed E-state index contributed by atoms with van der Waals surface area (Å²) in [5, 5.41) is 3.94. The lowest BCUT2D eigenvalue weighted by atomic mass is 10.0. The first-order valence-corrected chi connectivity index (χ1v) is 6.28. The van der Waals surface area contributed by atoms with Gasteiger partial charge in [0, 0.05) is 22.5 Å². The van der Waals surface area contributed by atoms with E-state index in [4.69, 9.17) is 23.2 Å². The lowest BCUT2D eigenvalue weighted by Gasteiger charge is -2.18. The van der Waals surface area contributed by atoms with Crippen LogP contribution < -0.4 is 5.32 Å². The molecule has 0 saturated carbocycles. The fourth-order valence-electron chi connectivity index (χ4n) is 1.75. The summed E-state index contributed by atoms with van der Waals surface area (Å²) in [6.07, 6.45) is -4.45. The SMILES string of the molecule is CNC(CCCC(F)(F)F)c1ccc(Cl)cc1Cl. The zero-order chi connectivity index (χ0) is 13.8. The Kier molecular flexibility index (Phi) is 5.76. The Hall–Kier alpha value is -0.450. The Morgan fingerprint density at radius 1 is 1.28 bits per heavy atom. The molecule has 1 atom stereocenters. The first-order valence-electron chi connectivity index (χ1n) is 5.52. The van der Waals surface area contributed by atoms with Crippen LogP contribution in [0.4, 0.5) is 13.2 Å². The van der Waals surface area contributed by atoms with Crippen LogP contribution in [-0.4, -0.2) is 13.2 Å². The van der Waals surface area contributed by atoms with Gasteiger partial charge in [-0.25, -0.2) is 0 Å².